The van der Waals surface area contributed by atoms with E-state index in [0.29, 0.717) is 11.6 Å². The van der Waals surface area contributed by atoms with E-state index in [1.165, 1.54) is 5.56 Å². The number of amides is 1. The number of nitrogens with zero attached hydrogens (tertiary/aromatic N) is 1. The molecule has 3 aromatic rings. The smallest absolute Gasteiger partial charge is 0.410 e. The summed E-state index contributed by atoms with van der Waals surface area (Å²) < 4.78 is 10.9. The molecule has 0 saturated carbocycles. The van der Waals surface area contributed by atoms with E-state index in [0.717, 1.165) is 28.9 Å². The molecule has 1 aliphatic heterocycles. The predicted octanol–water partition coefficient (Wildman–Crippen LogP) is 5.63. The summed E-state index contributed by atoms with van der Waals surface area (Å²) in [4.78, 5) is 14.8. The first-order valence-corrected chi connectivity index (χ1v) is 9.93. The molecule has 0 saturated heterocycles. The molecular formula is C24H22ClNO3. The summed E-state index contributed by atoms with van der Waals surface area (Å²) in [7, 11) is 1.64. The van der Waals surface area contributed by atoms with Gasteiger partial charge in [0.1, 0.15) is 12.4 Å². The fourth-order valence-electron chi connectivity index (χ4n) is 3.73. The first-order chi connectivity index (χ1) is 14.2. The number of carbonyl (C=O) groups is 1. The van der Waals surface area contributed by atoms with Gasteiger partial charge in [0.05, 0.1) is 13.2 Å². The van der Waals surface area contributed by atoms with Gasteiger partial charge in [0, 0.05) is 11.6 Å². The van der Waals surface area contributed by atoms with E-state index in [-0.39, 0.29) is 18.7 Å². The van der Waals surface area contributed by atoms with Crippen LogP contribution in [0.25, 0.3) is 0 Å². The number of methoxy groups -OCH3 is 1. The number of benzene rings is 3. The van der Waals surface area contributed by atoms with Gasteiger partial charge in [-0.3, -0.25) is 4.90 Å². The minimum Gasteiger partial charge on any atom is -0.497 e. The lowest BCUT2D eigenvalue weighted by Crippen LogP contribution is -2.40. The molecule has 0 bridgehead atoms. The molecule has 1 atom stereocenters. The maximum Gasteiger partial charge on any atom is 0.410 e. The summed E-state index contributed by atoms with van der Waals surface area (Å²) in [6, 6.07) is 23.1. The number of fused-ring (bicyclic) bond motifs is 1. The van der Waals surface area contributed by atoms with Crippen molar-refractivity contribution in [3.8, 4) is 5.75 Å². The fraction of sp³-hybridized carbons (Fsp3) is 0.208. The van der Waals surface area contributed by atoms with E-state index in [1.54, 1.807) is 12.0 Å². The van der Waals surface area contributed by atoms with Crippen molar-refractivity contribution in [1.29, 1.82) is 0 Å². The van der Waals surface area contributed by atoms with Gasteiger partial charge in [-0.1, -0.05) is 60.1 Å². The molecule has 0 N–H and O–H groups in total. The Bertz CT molecular complexity index is 989. The highest BCUT2D eigenvalue weighted by atomic mass is 35.5. The van der Waals surface area contributed by atoms with Crippen LogP contribution in [0.5, 0.6) is 5.75 Å². The molecule has 29 heavy (non-hydrogen) atoms. The van der Waals surface area contributed by atoms with Gasteiger partial charge in [-0.25, -0.2) is 4.79 Å². The highest BCUT2D eigenvalue weighted by molar-refractivity contribution is 6.30. The summed E-state index contributed by atoms with van der Waals surface area (Å²) in [5.74, 6) is 0.772. The number of hydrogen-bond acceptors (Lipinski definition) is 3. The Morgan fingerprint density at radius 2 is 1.83 bits per heavy atom. The zero-order chi connectivity index (χ0) is 20.2. The Kier molecular flexibility index (Phi) is 5.72. The molecule has 0 aromatic heterocycles. The molecule has 0 aliphatic carbocycles. The van der Waals surface area contributed by atoms with E-state index in [2.05, 4.69) is 0 Å². The van der Waals surface area contributed by atoms with Gasteiger partial charge in [-0.2, -0.15) is 0 Å². The largest absolute Gasteiger partial charge is 0.497 e. The van der Waals surface area contributed by atoms with Crippen LogP contribution in [0, 0.1) is 0 Å². The van der Waals surface area contributed by atoms with Crippen LogP contribution in [0.3, 0.4) is 0 Å². The molecule has 1 amide bonds. The fourth-order valence-corrected chi connectivity index (χ4v) is 3.91. The molecule has 5 heteroatoms. The maximum absolute atomic E-state index is 13.0. The van der Waals surface area contributed by atoms with Crippen LogP contribution < -0.4 is 4.74 Å². The van der Waals surface area contributed by atoms with Gasteiger partial charge in [-0.15, -0.1) is 0 Å². The molecule has 0 radical (unpaired) electrons. The van der Waals surface area contributed by atoms with Crippen molar-refractivity contribution < 1.29 is 14.3 Å². The third-order valence-electron chi connectivity index (χ3n) is 5.21. The summed E-state index contributed by atoms with van der Waals surface area (Å²) in [5.41, 5.74) is 4.18. The molecule has 3 aromatic carbocycles. The van der Waals surface area contributed by atoms with E-state index >= 15 is 0 Å². The van der Waals surface area contributed by atoms with Gasteiger partial charge in [0.25, 0.3) is 0 Å². The van der Waals surface area contributed by atoms with Crippen LogP contribution in [0.4, 0.5) is 4.79 Å². The number of rotatable bonds is 4. The lowest BCUT2D eigenvalue weighted by molar-refractivity contribution is 0.0837. The molecular weight excluding hydrogens is 386 g/mol. The lowest BCUT2D eigenvalue weighted by Gasteiger charge is -2.37. The molecule has 0 spiro atoms. The molecule has 148 valence electrons. The zero-order valence-electron chi connectivity index (χ0n) is 16.2. The summed E-state index contributed by atoms with van der Waals surface area (Å²) in [5, 5.41) is 0.654. The Labute approximate surface area is 175 Å². The summed E-state index contributed by atoms with van der Waals surface area (Å²) >= 11 is 6.29. The minimum atomic E-state index is -0.333. The van der Waals surface area contributed by atoms with Crippen molar-refractivity contribution in [3.05, 3.63) is 100 Å². The number of hydrogen-bond donors (Lipinski definition) is 0. The maximum atomic E-state index is 13.0. The van der Waals surface area contributed by atoms with Crippen molar-refractivity contribution in [1.82, 2.24) is 4.90 Å². The van der Waals surface area contributed by atoms with Crippen molar-refractivity contribution in [2.24, 2.45) is 0 Å². The van der Waals surface area contributed by atoms with Gasteiger partial charge in [0.15, 0.2) is 0 Å². The van der Waals surface area contributed by atoms with Gasteiger partial charge >= 0.3 is 6.09 Å². The Morgan fingerprint density at radius 3 is 2.55 bits per heavy atom. The highest BCUT2D eigenvalue weighted by Gasteiger charge is 2.33. The lowest BCUT2D eigenvalue weighted by atomic mass is 9.88. The monoisotopic (exact) mass is 407 g/mol. The van der Waals surface area contributed by atoms with Crippen LogP contribution in [0.1, 0.15) is 28.3 Å². The molecule has 0 fully saturated rings. The standard InChI is InChI=1S/C24H22ClNO3/c1-28-21-11-8-19(9-12-21)23-22-15-20(25)10-7-18(22)13-14-26(23)24(27)29-16-17-5-3-2-4-6-17/h2-12,15,23H,13-14,16H2,1H3/t23-/m1/s1. The Balaban J connectivity index is 1.64. The van der Waals surface area contributed by atoms with Crippen LogP contribution >= 0.6 is 11.6 Å². The van der Waals surface area contributed by atoms with E-state index in [4.69, 9.17) is 21.1 Å². The van der Waals surface area contributed by atoms with Crippen molar-refractivity contribution in [2.75, 3.05) is 13.7 Å². The zero-order valence-corrected chi connectivity index (χ0v) is 16.9. The Hall–Kier alpha value is -2.98. The van der Waals surface area contributed by atoms with Gasteiger partial charge < -0.3 is 9.47 Å². The number of carbonyl (C=O) groups excluding carboxylic acids is 1. The van der Waals surface area contributed by atoms with E-state index < -0.39 is 0 Å². The highest BCUT2D eigenvalue weighted by Crippen LogP contribution is 2.37. The molecule has 4 rings (SSSR count). The first-order valence-electron chi connectivity index (χ1n) is 9.55. The second-order valence-electron chi connectivity index (χ2n) is 7.00. The second-order valence-corrected chi connectivity index (χ2v) is 7.44. The van der Waals surface area contributed by atoms with Gasteiger partial charge in [0.2, 0.25) is 0 Å². The average molecular weight is 408 g/mol. The molecule has 0 unspecified atom stereocenters. The van der Waals surface area contributed by atoms with Gasteiger partial charge in [-0.05, 0) is 52.9 Å². The summed E-state index contributed by atoms with van der Waals surface area (Å²) in [6.45, 7) is 0.826. The van der Waals surface area contributed by atoms with E-state index in [9.17, 15) is 4.79 Å². The van der Waals surface area contributed by atoms with Crippen LogP contribution in [-0.2, 0) is 17.8 Å². The van der Waals surface area contributed by atoms with Crippen molar-refractivity contribution in [3.63, 3.8) is 0 Å². The third kappa shape index (κ3) is 4.22. The minimum absolute atomic E-state index is 0.244. The topological polar surface area (TPSA) is 38.8 Å². The Morgan fingerprint density at radius 1 is 1.07 bits per heavy atom. The second kappa shape index (κ2) is 8.58. The number of halogens is 1. The van der Waals surface area contributed by atoms with E-state index in [1.807, 2.05) is 72.8 Å². The third-order valence-corrected chi connectivity index (χ3v) is 5.44. The van der Waals surface area contributed by atoms with Crippen molar-refractivity contribution >= 4 is 17.7 Å². The van der Waals surface area contributed by atoms with Crippen LogP contribution in [-0.4, -0.2) is 24.6 Å². The SMILES string of the molecule is COc1ccc([C@@H]2c3cc(Cl)ccc3CCN2C(=O)OCc2ccccc2)cc1. The molecule has 4 nitrogen and oxygen atoms in total. The first kappa shape index (κ1) is 19.3. The molecule has 1 heterocycles. The van der Waals surface area contributed by atoms with Crippen LogP contribution in [0.2, 0.25) is 5.02 Å². The number of ether oxygens (including phenoxy) is 2. The van der Waals surface area contributed by atoms with Crippen molar-refractivity contribution in [2.45, 2.75) is 19.1 Å². The average Bonchev–Trinajstić information content (AvgIpc) is 2.77. The normalized spacial score (nSPS) is 15.5. The molecule has 1 aliphatic rings. The summed E-state index contributed by atoms with van der Waals surface area (Å²) in [6.07, 6.45) is 0.430. The predicted molar refractivity (Wildman–Crippen MR) is 113 cm³/mol. The quantitative estimate of drug-likeness (QED) is 0.562. The van der Waals surface area contributed by atoms with Crippen LogP contribution in [0.15, 0.2) is 72.8 Å².